The van der Waals surface area contributed by atoms with Crippen molar-refractivity contribution in [3.63, 3.8) is 0 Å². The van der Waals surface area contributed by atoms with E-state index in [1.54, 1.807) is 0 Å². The summed E-state index contributed by atoms with van der Waals surface area (Å²) >= 11 is 0. The molecule has 1 rings (SSSR count). The molecule has 1 aliphatic heterocycles. The number of carbonyl (C=O) groups is 1. The van der Waals surface area contributed by atoms with E-state index in [4.69, 9.17) is 0 Å². The molecule has 1 amide bonds. The van der Waals surface area contributed by atoms with Crippen LogP contribution in [0.3, 0.4) is 0 Å². The zero-order valence-electron chi connectivity index (χ0n) is 13.9. The summed E-state index contributed by atoms with van der Waals surface area (Å²) in [6, 6.07) is 0. The Kier molecular flexibility index (Phi) is 11.0. The molecule has 1 fully saturated rings. The molecule has 0 N–H and O–H groups in total. The van der Waals surface area contributed by atoms with Crippen molar-refractivity contribution in [1.29, 1.82) is 0 Å². The van der Waals surface area contributed by atoms with Crippen LogP contribution in [0, 0.1) is 11.8 Å². The molecule has 114 valence electrons. The van der Waals surface area contributed by atoms with Crippen molar-refractivity contribution in [3.05, 3.63) is 0 Å². The molecule has 0 aromatic rings. The third kappa shape index (κ3) is 6.98. The summed E-state index contributed by atoms with van der Waals surface area (Å²) in [5.41, 5.74) is 0. The second kappa shape index (κ2) is 11.3. The van der Waals surface area contributed by atoms with Crippen LogP contribution in [0.2, 0.25) is 0 Å². The van der Waals surface area contributed by atoms with Crippen LogP contribution in [0.4, 0.5) is 0 Å². The number of hydrogen-bond acceptors (Lipinski definition) is 1. The fourth-order valence-corrected chi connectivity index (χ4v) is 3.07. The van der Waals surface area contributed by atoms with Gasteiger partial charge < -0.3 is 4.90 Å². The van der Waals surface area contributed by atoms with Crippen LogP contribution in [0.1, 0.15) is 79.1 Å². The quantitative estimate of drug-likeness (QED) is 0.645. The molecule has 0 aliphatic carbocycles. The van der Waals surface area contributed by atoms with E-state index in [1.165, 1.54) is 38.5 Å². The van der Waals surface area contributed by atoms with E-state index >= 15 is 0 Å². The maximum atomic E-state index is 12.0. The van der Waals surface area contributed by atoms with Crippen molar-refractivity contribution >= 4 is 5.91 Å². The lowest BCUT2D eigenvalue weighted by molar-refractivity contribution is -0.137. The number of piperidine rings is 1. The molecule has 1 unspecified atom stereocenters. The zero-order chi connectivity index (χ0) is 14.7. The number of hydrogen-bond donors (Lipinski definition) is 0. The summed E-state index contributed by atoms with van der Waals surface area (Å²) in [5.74, 6) is 1.57. The molecule has 0 aromatic heterocycles. The second-order valence-corrected chi connectivity index (χ2v) is 5.62. The lowest BCUT2D eigenvalue weighted by Gasteiger charge is -2.30. The number of amides is 1. The topological polar surface area (TPSA) is 20.3 Å². The smallest absolute Gasteiger partial charge is 0.225 e. The van der Waals surface area contributed by atoms with E-state index in [2.05, 4.69) is 13.8 Å². The first-order valence-electron chi connectivity index (χ1n) is 8.44. The molecule has 2 nitrogen and oxygen atoms in total. The van der Waals surface area contributed by atoms with Gasteiger partial charge in [-0.1, -0.05) is 53.4 Å². The standard InChI is InChI=1S/C15H29NO.C2H6/c1-4-7-13(8-5-2)10-11-14-9-6-12-16(3)15(14)17;1-2/h13-14H,4-12H2,1-3H3;1-2H3. The molecule has 0 spiro atoms. The molecular formula is C17H35NO. The minimum atomic E-state index is 0.324. The third-order valence-electron chi connectivity index (χ3n) is 4.09. The minimum absolute atomic E-state index is 0.324. The predicted octanol–water partition coefficient (Wildman–Crippen LogP) is 4.88. The van der Waals surface area contributed by atoms with Crippen LogP contribution in [-0.4, -0.2) is 24.4 Å². The van der Waals surface area contributed by atoms with E-state index in [0.717, 1.165) is 25.3 Å². The van der Waals surface area contributed by atoms with E-state index in [1.807, 2.05) is 25.8 Å². The Balaban J connectivity index is 0.00000154. The van der Waals surface area contributed by atoms with Gasteiger partial charge in [0.1, 0.15) is 0 Å². The Morgan fingerprint density at radius 3 is 2.26 bits per heavy atom. The van der Waals surface area contributed by atoms with Gasteiger partial charge in [-0.05, 0) is 31.6 Å². The van der Waals surface area contributed by atoms with Crippen molar-refractivity contribution in [1.82, 2.24) is 4.90 Å². The Bertz CT molecular complexity index is 221. The summed E-state index contributed by atoms with van der Waals surface area (Å²) in [6.45, 7) is 9.49. The zero-order valence-corrected chi connectivity index (χ0v) is 13.9. The highest BCUT2D eigenvalue weighted by Crippen LogP contribution is 2.27. The number of nitrogens with zero attached hydrogens (tertiary/aromatic N) is 1. The average molecular weight is 269 g/mol. The van der Waals surface area contributed by atoms with Gasteiger partial charge in [-0.2, -0.15) is 0 Å². The van der Waals surface area contributed by atoms with Crippen LogP contribution in [-0.2, 0) is 4.79 Å². The van der Waals surface area contributed by atoms with Crippen LogP contribution in [0.25, 0.3) is 0 Å². The van der Waals surface area contributed by atoms with Gasteiger partial charge in [-0.15, -0.1) is 0 Å². The fourth-order valence-electron chi connectivity index (χ4n) is 3.07. The van der Waals surface area contributed by atoms with Crippen LogP contribution >= 0.6 is 0 Å². The van der Waals surface area contributed by atoms with Crippen molar-refractivity contribution in [2.24, 2.45) is 11.8 Å². The Hall–Kier alpha value is -0.530. The summed E-state index contributed by atoms with van der Waals surface area (Å²) < 4.78 is 0. The molecular weight excluding hydrogens is 234 g/mol. The molecule has 1 heterocycles. The van der Waals surface area contributed by atoms with Gasteiger partial charge >= 0.3 is 0 Å². The molecule has 1 aliphatic rings. The first-order chi connectivity index (χ1) is 9.19. The average Bonchev–Trinajstić information content (AvgIpc) is 2.43. The minimum Gasteiger partial charge on any atom is -0.346 e. The summed E-state index contributed by atoms with van der Waals surface area (Å²) in [4.78, 5) is 13.9. The molecule has 0 radical (unpaired) electrons. The van der Waals surface area contributed by atoms with Crippen molar-refractivity contribution < 1.29 is 4.79 Å². The second-order valence-electron chi connectivity index (χ2n) is 5.62. The third-order valence-corrected chi connectivity index (χ3v) is 4.09. The first kappa shape index (κ1) is 18.5. The van der Waals surface area contributed by atoms with Gasteiger partial charge in [0.25, 0.3) is 0 Å². The lowest BCUT2D eigenvalue weighted by Crippen LogP contribution is -2.38. The van der Waals surface area contributed by atoms with E-state index in [-0.39, 0.29) is 0 Å². The van der Waals surface area contributed by atoms with Crippen LogP contribution in [0.5, 0.6) is 0 Å². The predicted molar refractivity (Wildman–Crippen MR) is 84.2 cm³/mol. The van der Waals surface area contributed by atoms with Crippen LogP contribution in [0.15, 0.2) is 0 Å². The van der Waals surface area contributed by atoms with E-state index in [0.29, 0.717) is 11.8 Å². The van der Waals surface area contributed by atoms with Gasteiger partial charge in [-0.3, -0.25) is 4.79 Å². The normalized spacial score (nSPS) is 19.4. The number of likely N-dealkylation sites (tertiary alicyclic amines) is 1. The summed E-state index contributed by atoms with van der Waals surface area (Å²) in [7, 11) is 1.95. The molecule has 0 bridgehead atoms. The van der Waals surface area contributed by atoms with Gasteiger partial charge in [-0.25, -0.2) is 0 Å². The Morgan fingerprint density at radius 1 is 1.16 bits per heavy atom. The highest BCUT2D eigenvalue weighted by Gasteiger charge is 2.26. The van der Waals surface area contributed by atoms with Gasteiger partial charge in [0.05, 0.1) is 0 Å². The maximum absolute atomic E-state index is 12.0. The van der Waals surface area contributed by atoms with E-state index < -0.39 is 0 Å². The van der Waals surface area contributed by atoms with Gasteiger partial charge in [0.15, 0.2) is 0 Å². The molecule has 1 saturated heterocycles. The fraction of sp³-hybridized carbons (Fsp3) is 0.941. The first-order valence-corrected chi connectivity index (χ1v) is 8.44. The highest BCUT2D eigenvalue weighted by atomic mass is 16.2. The molecule has 2 heteroatoms. The summed E-state index contributed by atoms with van der Waals surface area (Å²) in [5, 5.41) is 0. The molecule has 0 aromatic carbocycles. The van der Waals surface area contributed by atoms with Gasteiger partial charge in [0, 0.05) is 19.5 Å². The number of rotatable bonds is 7. The van der Waals surface area contributed by atoms with Crippen molar-refractivity contribution in [3.8, 4) is 0 Å². The maximum Gasteiger partial charge on any atom is 0.225 e. The molecule has 19 heavy (non-hydrogen) atoms. The van der Waals surface area contributed by atoms with Crippen LogP contribution < -0.4 is 0 Å². The van der Waals surface area contributed by atoms with Crippen molar-refractivity contribution in [2.45, 2.75) is 79.1 Å². The largest absolute Gasteiger partial charge is 0.346 e. The lowest BCUT2D eigenvalue weighted by atomic mass is 9.86. The summed E-state index contributed by atoms with van der Waals surface area (Å²) in [6.07, 6.45) is 9.93. The van der Waals surface area contributed by atoms with Crippen molar-refractivity contribution in [2.75, 3.05) is 13.6 Å². The molecule has 1 atom stereocenters. The Morgan fingerprint density at radius 2 is 1.74 bits per heavy atom. The highest BCUT2D eigenvalue weighted by molar-refractivity contribution is 5.79. The molecule has 0 saturated carbocycles. The SMILES string of the molecule is CC.CCCC(CCC)CCC1CCCN(C)C1=O. The van der Waals surface area contributed by atoms with Gasteiger partial charge in [0.2, 0.25) is 5.91 Å². The van der Waals surface area contributed by atoms with E-state index in [9.17, 15) is 4.79 Å². The Labute approximate surface area is 120 Å². The number of carbonyl (C=O) groups excluding carboxylic acids is 1. The monoisotopic (exact) mass is 269 g/mol.